The van der Waals surface area contributed by atoms with Gasteiger partial charge in [-0.3, -0.25) is 0 Å². The van der Waals surface area contributed by atoms with E-state index in [9.17, 15) is 0 Å². The molecule has 2 aliphatic rings. The molecule has 346 valence electrons. The third-order valence-corrected chi connectivity index (χ3v) is 19.2. The van der Waals surface area contributed by atoms with Gasteiger partial charge in [0.1, 0.15) is 0 Å². The molecule has 0 fully saturated rings. The van der Waals surface area contributed by atoms with Gasteiger partial charge in [0, 0.05) is 61.6 Å². The van der Waals surface area contributed by atoms with Crippen molar-refractivity contribution in [2.24, 2.45) is 0 Å². The number of hydrogen-bond donors (Lipinski definition) is 0. The molecule has 0 saturated heterocycles. The van der Waals surface area contributed by atoms with Gasteiger partial charge in [0.15, 0.2) is 11.5 Å². The number of rotatable bonds is 5. The fourth-order valence-electron chi connectivity index (χ4n) is 11.7. The molecule has 0 aromatic heterocycles. The summed E-state index contributed by atoms with van der Waals surface area (Å²) in [6.45, 7) is 0. The molecule has 0 radical (unpaired) electrons. The van der Waals surface area contributed by atoms with Crippen molar-refractivity contribution < 1.29 is 9.05 Å². The van der Waals surface area contributed by atoms with Gasteiger partial charge in [-0.15, -0.1) is 0 Å². The van der Waals surface area contributed by atoms with Crippen LogP contribution in [0.4, 0.5) is 22.7 Å². The summed E-state index contributed by atoms with van der Waals surface area (Å²) in [5.41, 5.74) is 11.5. The van der Waals surface area contributed by atoms with E-state index in [1.807, 2.05) is 0 Å². The van der Waals surface area contributed by atoms with Crippen molar-refractivity contribution in [1.29, 1.82) is 0 Å². The summed E-state index contributed by atoms with van der Waals surface area (Å²) >= 11 is 0. The standard InChI is InChI=1S/C64H48N4O2P2/c1-65-53-35-29-41-17-5-11-23-47(41)59(53)60-48-24-12-6-18-42(48)30-36-54(60)66(2)71(65)69-57-39-33-45-21-9-15-27-51(45)63(57)64-52-28-16-10-22-46(52)34-40-58(64)70-72-67(3)55-37-31-43-19-7-13-25-49(43)61(55)62-50-26-14-8-20-44(50)32-38-56(62)68(72)4/h5-40H,1-4H3/p+2. The smallest absolute Gasteiger partial charge is 0.303 e. The van der Waals surface area contributed by atoms with E-state index in [1.54, 1.807) is 0 Å². The summed E-state index contributed by atoms with van der Waals surface area (Å²) in [6, 6.07) is 79.5. The van der Waals surface area contributed by atoms with E-state index >= 15 is 0 Å². The van der Waals surface area contributed by atoms with Crippen LogP contribution in [-0.2, 0) is 0 Å². The lowest BCUT2D eigenvalue weighted by molar-refractivity contribution is 0.603. The van der Waals surface area contributed by atoms with E-state index in [-0.39, 0.29) is 0 Å². The van der Waals surface area contributed by atoms with Crippen LogP contribution in [0.25, 0.3) is 98.0 Å². The maximum absolute atomic E-state index is 7.81. The van der Waals surface area contributed by atoms with Crippen molar-refractivity contribution in [2.45, 2.75) is 0 Å². The fraction of sp³-hybridized carbons (Fsp3) is 0.0625. The van der Waals surface area contributed by atoms with Crippen molar-refractivity contribution in [2.75, 3.05) is 46.9 Å². The zero-order valence-electron chi connectivity index (χ0n) is 40.4. The number of hydrogen-bond acceptors (Lipinski definition) is 6. The first-order chi connectivity index (χ1) is 35.4. The Labute approximate surface area is 421 Å². The lowest BCUT2D eigenvalue weighted by atomic mass is 9.91. The second kappa shape index (κ2) is 16.7. The SMILES string of the molecule is CN1c2ccc3ccccc3c2-c2c(ccc3ccccc23)N(C)[PH+]1Oc1ccc2ccccc2c1-c1c(O[PH+]2N(C)c3ccc4ccccc4c3-c3c(ccc4ccccc34)N2C)ccc2ccccc12. The van der Waals surface area contributed by atoms with E-state index in [1.165, 1.54) is 65.3 Å². The molecule has 0 amide bonds. The average molecular weight is 969 g/mol. The second-order valence-corrected chi connectivity index (χ2v) is 23.3. The van der Waals surface area contributed by atoms with Crippen LogP contribution in [0.2, 0.25) is 0 Å². The molecule has 0 N–H and O–H groups in total. The molecule has 8 heteroatoms. The normalized spacial score (nSPS) is 13.9. The molecule has 0 aliphatic carbocycles. The molecule has 2 aliphatic heterocycles. The molecule has 2 heterocycles. The molecule has 6 nitrogen and oxygen atoms in total. The van der Waals surface area contributed by atoms with E-state index < -0.39 is 16.9 Å². The predicted octanol–water partition coefficient (Wildman–Crippen LogP) is 17.5. The van der Waals surface area contributed by atoms with Crippen LogP contribution in [0.3, 0.4) is 0 Å². The van der Waals surface area contributed by atoms with Crippen molar-refractivity contribution in [3.05, 3.63) is 218 Å². The van der Waals surface area contributed by atoms with Crippen LogP contribution in [0, 0.1) is 0 Å². The first-order valence-electron chi connectivity index (χ1n) is 24.6. The van der Waals surface area contributed by atoms with Gasteiger partial charge in [0.2, 0.25) is 0 Å². The van der Waals surface area contributed by atoms with Gasteiger partial charge in [-0.05, 0) is 101 Å². The van der Waals surface area contributed by atoms with Gasteiger partial charge in [0.05, 0.1) is 22.7 Å². The summed E-state index contributed by atoms with van der Waals surface area (Å²) in [4.78, 5) is 0. The zero-order chi connectivity index (χ0) is 48.2. The Balaban J connectivity index is 0.972. The monoisotopic (exact) mass is 968 g/mol. The first-order valence-corrected chi connectivity index (χ1v) is 27.2. The fourth-order valence-corrected chi connectivity index (χ4v) is 15.5. The van der Waals surface area contributed by atoms with Crippen LogP contribution < -0.4 is 27.7 Å². The highest BCUT2D eigenvalue weighted by atomic mass is 31.2. The Kier molecular flexibility index (Phi) is 9.93. The molecule has 0 bridgehead atoms. The largest absolute Gasteiger partial charge is 0.368 e. The van der Waals surface area contributed by atoms with E-state index in [4.69, 9.17) is 9.05 Å². The Morgan fingerprint density at radius 2 is 0.444 bits per heavy atom. The zero-order valence-corrected chi connectivity index (χ0v) is 42.4. The Morgan fingerprint density at radius 3 is 0.694 bits per heavy atom. The van der Waals surface area contributed by atoms with Crippen molar-refractivity contribution >= 4 is 104 Å². The predicted molar refractivity (Wildman–Crippen MR) is 312 cm³/mol. The Morgan fingerprint density at radius 1 is 0.236 bits per heavy atom. The molecular formula is C64H50N4O2P2+2. The van der Waals surface area contributed by atoms with Crippen LogP contribution in [0.15, 0.2) is 218 Å². The molecule has 0 unspecified atom stereocenters. The molecular weight excluding hydrogens is 919 g/mol. The van der Waals surface area contributed by atoms with Gasteiger partial charge in [-0.25, -0.2) is 18.7 Å². The summed E-state index contributed by atoms with van der Waals surface area (Å²) in [6.07, 6.45) is 0. The quantitative estimate of drug-likeness (QED) is 0.160. The van der Waals surface area contributed by atoms with Gasteiger partial charge in [-0.2, -0.15) is 0 Å². The van der Waals surface area contributed by atoms with Gasteiger partial charge in [-0.1, -0.05) is 182 Å². The topological polar surface area (TPSA) is 31.4 Å². The highest BCUT2D eigenvalue weighted by Gasteiger charge is 2.43. The lowest BCUT2D eigenvalue weighted by Gasteiger charge is -2.29. The number of anilines is 4. The number of nitrogens with zero attached hydrogens (tertiary/aromatic N) is 4. The van der Waals surface area contributed by atoms with E-state index in [2.05, 4.69) is 265 Å². The van der Waals surface area contributed by atoms with E-state index in [0.717, 1.165) is 66.9 Å². The third-order valence-electron chi connectivity index (χ3n) is 15.2. The molecule has 0 saturated carbocycles. The number of fused-ring (bicyclic) bond motifs is 16. The Bertz CT molecular complexity index is 3750. The molecule has 72 heavy (non-hydrogen) atoms. The average Bonchev–Trinajstić information content (AvgIpc) is 3.58. The Hall–Kier alpha value is -8.14. The highest BCUT2D eigenvalue weighted by Crippen LogP contribution is 2.63. The minimum absolute atomic E-state index is 0.808. The summed E-state index contributed by atoms with van der Waals surface area (Å²) < 4.78 is 25.2. The van der Waals surface area contributed by atoms with Crippen molar-refractivity contribution in [1.82, 2.24) is 0 Å². The molecule has 12 aromatic carbocycles. The van der Waals surface area contributed by atoms with Crippen LogP contribution in [0.1, 0.15) is 0 Å². The number of benzene rings is 12. The molecule has 0 spiro atoms. The maximum Gasteiger partial charge on any atom is 0.368 e. The summed E-state index contributed by atoms with van der Waals surface area (Å²) in [5, 5.41) is 14.2. The second-order valence-electron chi connectivity index (χ2n) is 19.0. The first kappa shape index (κ1) is 42.7. The highest BCUT2D eigenvalue weighted by molar-refractivity contribution is 7.57. The van der Waals surface area contributed by atoms with Crippen molar-refractivity contribution in [3.8, 4) is 44.9 Å². The van der Waals surface area contributed by atoms with Gasteiger partial charge in [0.25, 0.3) is 0 Å². The lowest BCUT2D eigenvalue weighted by Crippen LogP contribution is -2.25. The van der Waals surface area contributed by atoms with Crippen LogP contribution in [-0.4, -0.2) is 28.2 Å². The van der Waals surface area contributed by atoms with E-state index in [0.29, 0.717) is 0 Å². The van der Waals surface area contributed by atoms with Gasteiger partial charge >= 0.3 is 16.9 Å². The van der Waals surface area contributed by atoms with Crippen molar-refractivity contribution in [3.63, 3.8) is 0 Å². The van der Waals surface area contributed by atoms with Crippen LogP contribution >= 0.6 is 16.9 Å². The van der Waals surface area contributed by atoms with Crippen LogP contribution in [0.5, 0.6) is 11.5 Å². The molecule has 12 aromatic rings. The molecule has 14 rings (SSSR count). The third kappa shape index (κ3) is 6.49. The minimum Gasteiger partial charge on any atom is -0.303 e. The van der Waals surface area contributed by atoms with Gasteiger partial charge < -0.3 is 9.05 Å². The summed E-state index contributed by atoms with van der Waals surface area (Å²) in [7, 11) is 4.75. The maximum atomic E-state index is 7.81. The minimum atomic E-state index is -2.05. The summed E-state index contributed by atoms with van der Waals surface area (Å²) in [5.74, 6) is 1.62. The molecule has 0 atom stereocenters.